The molecule has 2 nitrogen and oxygen atoms in total. The Bertz CT molecular complexity index is 126. The van der Waals surface area contributed by atoms with Crippen LogP contribution in [0.15, 0.2) is 0 Å². The fourth-order valence-electron chi connectivity index (χ4n) is 1.26. The first-order chi connectivity index (χ1) is 7.23. The highest BCUT2D eigenvalue weighted by Crippen LogP contribution is 2.05. The molecule has 0 aromatic carbocycles. The van der Waals surface area contributed by atoms with Gasteiger partial charge in [-0.15, -0.1) is 0 Å². The van der Waals surface area contributed by atoms with Crippen LogP contribution in [0, 0.1) is 11.8 Å². The summed E-state index contributed by atoms with van der Waals surface area (Å²) >= 11 is 0. The Morgan fingerprint density at radius 1 is 0.750 bits per heavy atom. The number of rotatable bonds is 5. The van der Waals surface area contributed by atoms with Crippen molar-refractivity contribution in [1.82, 2.24) is 4.90 Å². The molecule has 0 amide bonds. The molecule has 2 heteroatoms. The molecule has 0 heterocycles. The predicted octanol–water partition coefficient (Wildman–Crippen LogP) is 3.36. The van der Waals surface area contributed by atoms with Crippen LogP contribution in [0.3, 0.4) is 0 Å². The quantitative estimate of drug-likeness (QED) is 0.784. The molecule has 0 bridgehead atoms. The van der Waals surface area contributed by atoms with Crippen LogP contribution in [-0.4, -0.2) is 30.1 Å². The Balaban J connectivity index is 0. The molecule has 0 fully saturated rings. The normalized spacial score (nSPS) is 11.6. The van der Waals surface area contributed by atoms with E-state index in [9.17, 15) is 0 Å². The standard InChI is InChI=1S/C8H20N2.C6H14/c1-7(2)10(6-5-9)8(3)4;1-5(2)6(3)4/h7-8H,5-6,9H2,1-4H3;5-6H,1-4H3. The Morgan fingerprint density at radius 3 is 1.12 bits per heavy atom. The van der Waals surface area contributed by atoms with Crippen molar-refractivity contribution in [3.63, 3.8) is 0 Å². The molecule has 16 heavy (non-hydrogen) atoms. The van der Waals surface area contributed by atoms with Gasteiger partial charge >= 0.3 is 0 Å². The first-order valence-corrected chi connectivity index (χ1v) is 6.69. The van der Waals surface area contributed by atoms with Crippen LogP contribution in [0.1, 0.15) is 55.4 Å². The van der Waals surface area contributed by atoms with Crippen molar-refractivity contribution >= 4 is 0 Å². The lowest BCUT2D eigenvalue weighted by atomic mass is 10.0. The summed E-state index contributed by atoms with van der Waals surface area (Å²) in [6.07, 6.45) is 0. The van der Waals surface area contributed by atoms with E-state index in [1.807, 2.05) is 0 Å². The van der Waals surface area contributed by atoms with Gasteiger partial charge in [-0.2, -0.15) is 0 Å². The van der Waals surface area contributed by atoms with E-state index in [1.54, 1.807) is 0 Å². The molecule has 0 aromatic heterocycles. The van der Waals surface area contributed by atoms with E-state index in [1.165, 1.54) is 0 Å². The zero-order valence-corrected chi connectivity index (χ0v) is 12.7. The van der Waals surface area contributed by atoms with E-state index in [2.05, 4.69) is 60.3 Å². The molecular formula is C14H34N2. The molecule has 0 aliphatic rings. The molecule has 100 valence electrons. The first-order valence-electron chi connectivity index (χ1n) is 6.69. The van der Waals surface area contributed by atoms with Crippen LogP contribution in [0.5, 0.6) is 0 Å². The summed E-state index contributed by atoms with van der Waals surface area (Å²) in [6, 6.07) is 1.23. The van der Waals surface area contributed by atoms with E-state index in [0.29, 0.717) is 12.1 Å². The van der Waals surface area contributed by atoms with E-state index < -0.39 is 0 Å². The lowest BCUT2D eigenvalue weighted by molar-refractivity contribution is 0.180. The molecule has 0 radical (unpaired) electrons. The first kappa shape index (κ1) is 18.3. The van der Waals surface area contributed by atoms with Gasteiger partial charge in [-0.3, -0.25) is 4.90 Å². The minimum absolute atomic E-state index is 0.614. The van der Waals surface area contributed by atoms with Crippen molar-refractivity contribution in [3.05, 3.63) is 0 Å². The number of nitrogens with zero attached hydrogens (tertiary/aromatic N) is 1. The average molecular weight is 230 g/mol. The van der Waals surface area contributed by atoms with Gasteiger partial charge < -0.3 is 5.73 Å². The van der Waals surface area contributed by atoms with Crippen molar-refractivity contribution in [2.24, 2.45) is 17.6 Å². The average Bonchev–Trinajstić information content (AvgIpc) is 2.13. The van der Waals surface area contributed by atoms with Gasteiger partial charge in [0.25, 0.3) is 0 Å². The van der Waals surface area contributed by atoms with E-state index in [0.717, 1.165) is 24.9 Å². The minimum Gasteiger partial charge on any atom is -0.329 e. The summed E-state index contributed by atoms with van der Waals surface area (Å²) in [5, 5.41) is 0. The summed E-state index contributed by atoms with van der Waals surface area (Å²) in [4.78, 5) is 2.39. The highest BCUT2D eigenvalue weighted by molar-refractivity contribution is 4.66. The summed E-state index contributed by atoms with van der Waals surface area (Å²) in [7, 11) is 0. The molecule has 0 rings (SSSR count). The van der Waals surface area contributed by atoms with Gasteiger partial charge in [0.15, 0.2) is 0 Å². The van der Waals surface area contributed by atoms with E-state index in [4.69, 9.17) is 5.73 Å². The summed E-state index contributed by atoms with van der Waals surface area (Å²) < 4.78 is 0. The van der Waals surface area contributed by atoms with E-state index >= 15 is 0 Å². The maximum Gasteiger partial charge on any atom is 0.0110 e. The van der Waals surface area contributed by atoms with E-state index in [-0.39, 0.29) is 0 Å². The minimum atomic E-state index is 0.614. The Kier molecular flexibility index (Phi) is 11.5. The van der Waals surface area contributed by atoms with Gasteiger partial charge in [0, 0.05) is 25.2 Å². The predicted molar refractivity (Wildman–Crippen MR) is 75.7 cm³/mol. The topological polar surface area (TPSA) is 29.3 Å². The molecule has 0 atom stereocenters. The van der Waals surface area contributed by atoms with Crippen LogP contribution >= 0.6 is 0 Å². The Morgan fingerprint density at radius 2 is 1.06 bits per heavy atom. The maximum absolute atomic E-state index is 5.46. The van der Waals surface area contributed by atoms with Crippen LogP contribution in [0.4, 0.5) is 0 Å². The third-order valence-electron chi connectivity index (χ3n) is 3.05. The van der Waals surface area contributed by atoms with Gasteiger partial charge in [-0.1, -0.05) is 27.7 Å². The molecule has 0 saturated heterocycles. The summed E-state index contributed by atoms with van der Waals surface area (Å²) in [6.45, 7) is 19.5. The smallest absolute Gasteiger partial charge is 0.0110 e. The molecule has 0 saturated carbocycles. The largest absolute Gasteiger partial charge is 0.329 e. The molecule has 0 aromatic rings. The lowest BCUT2D eigenvalue weighted by Gasteiger charge is -2.29. The van der Waals surface area contributed by atoms with Crippen LogP contribution in [0.2, 0.25) is 0 Å². The lowest BCUT2D eigenvalue weighted by Crippen LogP contribution is -2.40. The third-order valence-corrected chi connectivity index (χ3v) is 3.05. The molecule has 0 unspecified atom stereocenters. The van der Waals surface area contributed by atoms with Crippen molar-refractivity contribution < 1.29 is 0 Å². The molecule has 0 spiro atoms. The van der Waals surface area contributed by atoms with Crippen molar-refractivity contribution in [1.29, 1.82) is 0 Å². The summed E-state index contributed by atoms with van der Waals surface area (Å²) in [5.41, 5.74) is 5.46. The molecular weight excluding hydrogens is 196 g/mol. The number of hydrogen-bond acceptors (Lipinski definition) is 2. The zero-order chi connectivity index (χ0) is 13.3. The molecule has 0 aliphatic carbocycles. The van der Waals surface area contributed by atoms with Crippen LogP contribution in [0.25, 0.3) is 0 Å². The SMILES string of the molecule is CC(C)C(C)C.CC(C)N(CCN)C(C)C. The fourth-order valence-corrected chi connectivity index (χ4v) is 1.26. The monoisotopic (exact) mass is 230 g/mol. The van der Waals surface area contributed by atoms with Gasteiger partial charge in [0.05, 0.1) is 0 Å². The second-order valence-electron chi connectivity index (χ2n) is 5.70. The van der Waals surface area contributed by atoms with Gasteiger partial charge in [0.1, 0.15) is 0 Å². The number of hydrogen-bond donors (Lipinski definition) is 1. The highest BCUT2D eigenvalue weighted by Gasteiger charge is 2.10. The Labute approximate surface area is 104 Å². The van der Waals surface area contributed by atoms with Crippen molar-refractivity contribution in [3.8, 4) is 0 Å². The Hall–Kier alpha value is -0.0800. The number of nitrogens with two attached hydrogens (primary N) is 1. The van der Waals surface area contributed by atoms with Crippen LogP contribution < -0.4 is 5.73 Å². The molecule has 2 N–H and O–H groups in total. The van der Waals surface area contributed by atoms with Gasteiger partial charge in [-0.05, 0) is 39.5 Å². The maximum atomic E-state index is 5.46. The zero-order valence-electron chi connectivity index (χ0n) is 12.7. The van der Waals surface area contributed by atoms with Gasteiger partial charge in [-0.25, -0.2) is 0 Å². The molecule has 0 aliphatic heterocycles. The second-order valence-corrected chi connectivity index (χ2v) is 5.70. The van der Waals surface area contributed by atoms with Gasteiger partial charge in [0.2, 0.25) is 0 Å². The van der Waals surface area contributed by atoms with Crippen molar-refractivity contribution in [2.45, 2.75) is 67.5 Å². The summed E-state index contributed by atoms with van der Waals surface area (Å²) in [5.74, 6) is 1.70. The fraction of sp³-hybridized carbons (Fsp3) is 1.00. The second kappa shape index (κ2) is 10.1. The van der Waals surface area contributed by atoms with Crippen LogP contribution in [-0.2, 0) is 0 Å². The van der Waals surface area contributed by atoms with Crippen molar-refractivity contribution in [2.75, 3.05) is 13.1 Å². The third kappa shape index (κ3) is 10.4. The highest BCUT2D eigenvalue weighted by atomic mass is 15.2.